The minimum atomic E-state index is -0.800. The number of halogens is 2. The number of benzene rings is 1. The van der Waals surface area contributed by atoms with Crippen LogP contribution in [0.3, 0.4) is 0 Å². The first-order valence-electron chi connectivity index (χ1n) is 6.44. The number of rotatable bonds is 5. The molecule has 19 heavy (non-hydrogen) atoms. The molecule has 0 aliphatic rings. The largest absolute Gasteiger partial charge is 0.310 e. The van der Waals surface area contributed by atoms with Crippen molar-refractivity contribution >= 4 is 11.3 Å². The molecule has 102 valence electrons. The van der Waals surface area contributed by atoms with Crippen molar-refractivity contribution in [2.45, 2.75) is 26.3 Å². The number of nitrogens with one attached hydrogen (secondary N) is 1. The third kappa shape index (κ3) is 3.01. The Labute approximate surface area is 116 Å². The normalized spacial score (nSPS) is 12.6. The van der Waals surface area contributed by atoms with Crippen LogP contribution in [0.5, 0.6) is 0 Å². The Morgan fingerprint density at radius 3 is 2.63 bits per heavy atom. The Hall–Kier alpha value is -1.26. The van der Waals surface area contributed by atoms with E-state index in [0.29, 0.717) is 5.56 Å². The SMILES string of the molecule is CCNC(CC)c1ccc(-c2cccc(F)c2F)s1. The van der Waals surface area contributed by atoms with E-state index < -0.39 is 11.6 Å². The maximum absolute atomic E-state index is 13.7. The fourth-order valence-electron chi connectivity index (χ4n) is 2.07. The molecule has 1 atom stereocenters. The molecule has 0 amide bonds. The van der Waals surface area contributed by atoms with E-state index in [9.17, 15) is 8.78 Å². The highest BCUT2D eigenvalue weighted by Crippen LogP contribution is 2.34. The summed E-state index contributed by atoms with van der Waals surface area (Å²) in [6.45, 7) is 5.05. The quantitative estimate of drug-likeness (QED) is 0.833. The Kier molecular flexibility index (Phi) is 4.66. The third-order valence-electron chi connectivity index (χ3n) is 3.05. The van der Waals surface area contributed by atoms with E-state index in [1.54, 1.807) is 6.07 Å². The van der Waals surface area contributed by atoms with Crippen LogP contribution < -0.4 is 5.32 Å². The van der Waals surface area contributed by atoms with Gasteiger partial charge >= 0.3 is 0 Å². The average molecular weight is 281 g/mol. The van der Waals surface area contributed by atoms with Gasteiger partial charge in [0, 0.05) is 21.4 Å². The van der Waals surface area contributed by atoms with Gasteiger partial charge < -0.3 is 5.32 Å². The summed E-state index contributed by atoms with van der Waals surface area (Å²) in [7, 11) is 0. The van der Waals surface area contributed by atoms with Gasteiger partial charge in [-0.25, -0.2) is 8.78 Å². The molecule has 1 unspecified atom stereocenters. The summed E-state index contributed by atoms with van der Waals surface area (Å²) in [5.41, 5.74) is 0.336. The van der Waals surface area contributed by atoms with Crippen LogP contribution in [-0.2, 0) is 0 Å². The zero-order chi connectivity index (χ0) is 13.8. The summed E-state index contributed by atoms with van der Waals surface area (Å²) in [5, 5.41) is 3.38. The van der Waals surface area contributed by atoms with Crippen molar-refractivity contribution in [2.75, 3.05) is 6.54 Å². The van der Waals surface area contributed by atoms with Gasteiger partial charge in [0.05, 0.1) is 0 Å². The van der Waals surface area contributed by atoms with Crippen molar-refractivity contribution in [3.05, 3.63) is 46.8 Å². The van der Waals surface area contributed by atoms with Crippen molar-refractivity contribution < 1.29 is 8.78 Å². The minimum Gasteiger partial charge on any atom is -0.310 e. The van der Waals surface area contributed by atoms with Crippen molar-refractivity contribution in [1.29, 1.82) is 0 Å². The van der Waals surface area contributed by atoms with Crippen LogP contribution in [0.2, 0.25) is 0 Å². The Bertz CT molecular complexity index is 551. The van der Waals surface area contributed by atoms with Crippen LogP contribution in [0, 0.1) is 11.6 Å². The van der Waals surface area contributed by atoms with E-state index in [0.717, 1.165) is 28.8 Å². The highest BCUT2D eigenvalue weighted by Gasteiger charge is 2.15. The first kappa shape index (κ1) is 14.2. The van der Waals surface area contributed by atoms with Gasteiger partial charge in [-0.2, -0.15) is 0 Å². The molecule has 0 fully saturated rings. The predicted molar refractivity (Wildman–Crippen MR) is 76.4 cm³/mol. The number of hydrogen-bond acceptors (Lipinski definition) is 2. The molecule has 0 bridgehead atoms. The molecule has 0 saturated heterocycles. The molecule has 1 nitrogen and oxygen atoms in total. The van der Waals surface area contributed by atoms with Crippen LogP contribution in [0.1, 0.15) is 31.2 Å². The van der Waals surface area contributed by atoms with Crippen LogP contribution in [0.25, 0.3) is 10.4 Å². The van der Waals surface area contributed by atoms with Gasteiger partial charge in [-0.1, -0.05) is 26.0 Å². The Morgan fingerprint density at radius 2 is 1.95 bits per heavy atom. The van der Waals surface area contributed by atoms with Crippen molar-refractivity contribution in [1.82, 2.24) is 5.32 Å². The second-order valence-electron chi connectivity index (χ2n) is 4.32. The molecular formula is C15H17F2NS. The van der Waals surface area contributed by atoms with Crippen LogP contribution in [0.4, 0.5) is 8.78 Å². The summed E-state index contributed by atoms with van der Waals surface area (Å²) in [6, 6.07) is 8.41. The van der Waals surface area contributed by atoms with Gasteiger partial charge in [-0.05, 0) is 31.2 Å². The molecule has 1 aromatic heterocycles. The smallest absolute Gasteiger partial charge is 0.167 e. The molecule has 4 heteroatoms. The van der Waals surface area contributed by atoms with E-state index in [1.807, 2.05) is 12.1 Å². The second-order valence-corrected chi connectivity index (χ2v) is 5.44. The molecule has 1 aromatic carbocycles. The molecule has 2 aromatic rings. The highest BCUT2D eigenvalue weighted by molar-refractivity contribution is 7.15. The van der Waals surface area contributed by atoms with Gasteiger partial charge in [-0.3, -0.25) is 0 Å². The number of thiophene rings is 1. The van der Waals surface area contributed by atoms with Gasteiger partial charge in [0.25, 0.3) is 0 Å². The summed E-state index contributed by atoms with van der Waals surface area (Å²) >= 11 is 1.51. The van der Waals surface area contributed by atoms with E-state index >= 15 is 0 Å². The molecule has 0 aliphatic carbocycles. The van der Waals surface area contributed by atoms with Gasteiger partial charge in [0.15, 0.2) is 11.6 Å². The van der Waals surface area contributed by atoms with Crippen molar-refractivity contribution in [2.24, 2.45) is 0 Å². The van der Waals surface area contributed by atoms with E-state index in [1.165, 1.54) is 17.4 Å². The lowest BCUT2D eigenvalue weighted by molar-refractivity contribution is 0.511. The number of hydrogen-bond donors (Lipinski definition) is 1. The van der Waals surface area contributed by atoms with Gasteiger partial charge in [0.2, 0.25) is 0 Å². The zero-order valence-electron chi connectivity index (χ0n) is 11.0. The lowest BCUT2D eigenvalue weighted by atomic mass is 10.1. The first-order valence-corrected chi connectivity index (χ1v) is 7.26. The zero-order valence-corrected chi connectivity index (χ0v) is 11.9. The molecule has 0 radical (unpaired) electrons. The standard InChI is InChI=1S/C15H17F2NS/c1-3-12(18-4-2)14-9-8-13(19-14)10-6-5-7-11(16)15(10)17/h5-9,12,18H,3-4H2,1-2H3. The molecule has 1 N–H and O–H groups in total. The van der Waals surface area contributed by atoms with Gasteiger partial charge in [0.1, 0.15) is 0 Å². The van der Waals surface area contributed by atoms with E-state index in [4.69, 9.17) is 0 Å². The monoisotopic (exact) mass is 281 g/mol. The highest BCUT2D eigenvalue weighted by atomic mass is 32.1. The van der Waals surface area contributed by atoms with E-state index in [-0.39, 0.29) is 6.04 Å². The molecule has 1 heterocycles. The maximum Gasteiger partial charge on any atom is 0.167 e. The predicted octanol–water partition coefficient (Wildman–Crippen LogP) is 4.75. The van der Waals surface area contributed by atoms with Crippen LogP contribution in [0.15, 0.2) is 30.3 Å². The van der Waals surface area contributed by atoms with Gasteiger partial charge in [-0.15, -0.1) is 11.3 Å². The summed E-state index contributed by atoms with van der Waals surface area (Å²) < 4.78 is 27.0. The molecule has 2 rings (SSSR count). The fourth-order valence-corrected chi connectivity index (χ4v) is 3.26. The minimum absolute atomic E-state index is 0.278. The average Bonchev–Trinajstić information content (AvgIpc) is 2.88. The molecule has 0 saturated carbocycles. The summed E-state index contributed by atoms with van der Waals surface area (Å²) in [4.78, 5) is 1.92. The fraction of sp³-hybridized carbons (Fsp3) is 0.333. The topological polar surface area (TPSA) is 12.0 Å². The second kappa shape index (κ2) is 6.26. The van der Waals surface area contributed by atoms with Crippen LogP contribution >= 0.6 is 11.3 Å². The molecule has 0 aliphatic heterocycles. The lowest BCUT2D eigenvalue weighted by Crippen LogP contribution is -2.18. The van der Waals surface area contributed by atoms with Crippen molar-refractivity contribution in [3.63, 3.8) is 0 Å². The summed E-state index contributed by atoms with van der Waals surface area (Å²) in [5.74, 6) is -1.57. The molecular weight excluding hydrogens is 264 g/mol. The van der Waals surface area contributed by atoms with Crippen LogP contribution in [-0.4, -0.2) is 6.54 Å². The van der Waals surface area contributed by atoms with Crippen molar-refractivity contribution in [3.8, 4) is 10.4 Å². The lowest BCUT2D eigenvalue weighted by Gasteiger charge is -2.13. The Morgan fingerprint density at radius 1 is 1.16 bits per heavy atom. The third-order valence-corrected chi connectivity index (χ3v) is 4.28. The molecule has 0 spiro atoms. The summed E-state index contributed by atoms with van der Waals surface area (Å²) in [6.07, 6.45) is 0.972. The first-order chi connectivity index (χ1) is 9.17. The van der Waals surface area contributed by atoms with E-state index in [2.05, 4.69) is 19.2 Å². The Balaban J connectivity index is 2.32. The maximum atomic E-state index is 13.7.